The molecule has 0 aliphatic rings. The normalized spacial score (nSPS) is 10.2. The number of carbonyl (C=O) groups excluding carboxylic acids is 1. The van der Waals surface area contributed by atoms with Gasteiger partial charge >= 0.3 is 0 Å². The fourth-order valence-corrected chi connectivity index (χ4v) is 1.70. The minimum Gasteiger partial charge on any atom is -0.373 e. The van der Waals surface area contributed by atoms with Crippen LogP contribution in [0.15, 0.2) is 30.9 Å². The Labute approximate surface area is 103 Å². The predicted molar refractivity (Wildman–Crippen MR) is 70.5 cm³/mol. The van der Waals surface area contributed by atoms with E-state index in [9.17, 15) is 4.79 Å². The highest BCUT2D eigenvalue weighted by atomic mass is 16.5. The number of Topliss-reactive ketones (excluding diaryl/α,β-unsaturated/α-hetero) is 1. The zero-order valence-corrected chi connectivity index (χ0v) is 10.7. The van der Waals surface area contributed by atoms with E-state index >= 15 is 0 Å². The Hall–Kier alpha value is -1.41. The van der Waals surface area contributed by atoms with Crippen LogP contribution in [0.3, 0.4) is 0 Å². The Morgan fingerprint density at radius 3 is 2.82 bits per heavy atom. The van der Waals surface area contributed by atoms with Crippen LogP contribution in [0.5, 0.6) is 0 Å². The lowest BCUT2D eigenvalue weighted by Gasteiger charge is -2.06. The maximum Gasteiger partial charge on any atom is 0.188 e. The van der Waals surface area contributed by atoms with E-state index in [0.717, 1.165) is 24.0 Å². The Morgan fingerprint density at radius 1 is 1.41 bits per heavy atom. The number of aryl methyl sites for hydroxylation is 2. The molecule has 2 nitrogen and oxygen atoms in total. The van der Waals surface area contributed by atoms with E-state index in [2.05, 4.69) is 6.58 Å². The standard InChI is InChI=1S/C15H20O2/c1-4-5-6-9-17-11-15(16)14-8-7-12(2)10-13(14)3/h4,7-8,10H,1,5-6,9,11H2,2-3H3. The Balaban J connectivity index is 2.44. The van der Waals surface area contributed by atoms with Crippen LogP contribution in [0.2, 0.25) is 0 Å². The number of allylic oxidation sites excluding steroid dienone is 1. The first-order chi connectivity index (χ1) is 8.15. The number of ketones is 1. The molecule has 0 aliphatic carbocycles. The van der Waals surface area contributed by atoms with E-state index in [1.54, 1.807) is 0 Å². The van der Waals surface area contributed by atoms with Crippen LogP contribution in [0.1, 0.15) is 34.3 Å². The first-order valence-electron chi connectivity index (χ1n) is 5.94. The molecule has 0 atom stereocenters. The lowest BCUT2D eigenvalue weighted by Crippen LogP contribution is -2.11. The summed E-state index contributed by atoms with van der Waals surface area (Å²) in [7, 11) is 0. The largest absolute Gasteiger partial charge is 0.373 e. The maximum absolute atomic E-state index is 11.9. The van der Waals surface area contributed by atoms with Gasteiger partial charge in [0.05, 0.1) is 0 Å². The van der Waals surface area contributed by atoms with Gasteiger partial charge in [-0.3, -0.25) is 4.79 Å². The maximum atomic E-state index is 11.9. The quantitative estimate of drug-likeness (QED) is 0.409. The number of hydrogen-bond acceptors (Lipinski definition) is 2. The van der Waals surface area contributed by atoms with E-state index in [4.69, 9.17) is 4.74 Å². The van der Waals surface area contributed by atoms with Gasteiger partial charge in [-0.2, -0.15) is 0 Å². The van der Waals surface area contributed by atoms with Gasteiger partial charge in [0.2, 0.25) is 0 Å². The van der Waals surface area contributed by atoms with E-state index < -0.39 is 0 Å². The number of benzene rings is 1. The zero-order valence-electron chi connectivity index (χ0n) is 10.7. The lowest BCUT2D eigenvalue weighted by atomic mass is 10.0. The van der Waals surface area contributed by atoms with Crippen molar-refractivity contribution in [3.8, 4) is 0 Å². The summed E-state index contributed by atoms with van der Waals surface area (Å²) in [5.41, 5.74) is 2.95. The number of hydrogen-bond donors (Lipinski definition) is 0. The monoisotopic (exact) mass is 232 g/mol. The molecule has 0 heterocycles. The minimum atomic E-state index is 0.0566. The van der Waals surface area contributed by atoms with Crippen molar-refractivity contribution in [3.05, 3.63) is 47.5 Å². The van der Waals surface area contributed by atoms with Gasteiger partial charge in [-0.1, -0.05) is 29.8 Å². The average molecular weight is 232 g/mol. The molecule has 2 heteroatoms. The molecule has 0 saturated heterocycles. The summed E-state index contributed by atoms with van der Waals surface area (Å²) >= 11 is 0. The van der Waals surface area contributed by atoms with E-state index in [1.165, 1.54) is 5.56 Å². The lowest BCUT2D eigenvalue weighted by molar-refractivity contribution is 0.0756. The summed E-state index contributed by atoms with van der Waals surface area (Å²) in [5, 5.41) is 0. The fraction of sp³-hybridized carbons (Fsp3) is 0.400. The van der Waals surface area contributed by atoms with Gasteiger partial charge in [-0.05, 0) is 32.3 Å². The molecule has 0 fully saturated rings. The number of rotatable bonds is 7. The second-order valence-corrected chi connectivity index (χ2v) is 4.23. The molecule has 0 aromatic heterocycles. The van der Waals surface area contributed by atoms with Crippen LogP contribution in [0, 0.1) is 13.8 Å². The van der Waals surface area contributed by atoms with Crippen molar-refractivity contribution < 1.29 is 9.53 Å². The van der Waals surface area contributed by atoms with E-state index in [-0.39, 0.29) is 12.4 Å². The number of unbranched alkanes of at least 4 members (excludes halogenated alkanes) is 1. The molecular weight excluding hydrogens is 212 g/mol. The molecule has 0 saturated carbocycles. The number of ether oxygens (including phenoxy) is 1. The van der Waals surface area contributed by atoms with Crippen molar-refractivity contribution in [2.75, 3.05) is 13.2 Å². The van der Waals surface area contributed by atoms with Crippen molar-refractivity contribution in [3.63, 3.8) is 0 Å². The van der Waals surface area contributed by atoms with Crippen LogP contribution >= 0.6 is 0 Å². The van der Waals surface area contributed by atoms with Crippen LogP contribution in [-0.2, 0) is 4.74 Å². The fourth-order valence-electron chi connectivity index (χ4n) is 1.70. The molecule has 0 N–H and O–H groups in total. The summed E-state index contributed by atoms with van der Waals surface area (Å²) in [6.45, 7) is 8.40. The second kappa shape index (κ2) is 7.02. The molecule has 0 unspecified atom stereocenters. The Morgan fingerprint density at radius 2 is 2.18 bits per heavy atom. The molecule has 1 rings (SSSR count). The van der Waals surface area contributed by atoms with Gasteiger partial charge in [0, 0.05) is 12.2 Å². The van der Waals surface area contributed by atoms with Crippen molar-refractivity contribution in [1.29, 1.82) is 0 Å². The van der Waals surface area contributed by atoms with Crippen molar-refractivity contribution in [1.82, 2.24) is 0 Å². The van der Waals surface area contributed by atoms with Gasteiger partial charge in [-0.15, -0.1) is 6.58 Å². The van der Waals surface area contributed by atoms with E-state index in [1.807, 2.05) is 38.1 Å². The second-order valence-electron chi connectivity index (χ2n) is 4.23. The van der Waals surface area contributed by atoms with Crippen LogP contribution < -0.4 is 0 Å². The van der Waals surface area contributed by atoms with Crippen LogP contribution in [0.4, 0.5) is 0 Å². The summed E-state index contributed by atoms with van der Waals surface area (Å²) in [6, 6.07) is 5.85. The Bertz CT molecular complexity index is 394. The highest BCUT2D eigenvalue weighted by Gasteiger charge is 2.08. The van der Waals surface area contributed by atoms with Crippen molar-refractivity contribution in [2.45, 2.75) is 26.7 Å². The molecule has 0 spiro atoms. The number of carbonyl (C=O) groups is 1. The average Bonchev–Trinajstić information content (AvgIpc) is 2.28. The topological polar surface area (TPSA) is 26.3 Å². The summed E-state index contributed by atoms with van der Waals surface area (Å²) in [4.78, 5) is 11.9. The SMILES string of the molecule is C=CCCCOCC(=O)c1ccc(C)cc1C. The highest BCUT2D eigenvalue weighted by Crippen LogP contribution is 2.11. The van der Waals surface area contributed by atoms with Crippen LogP contribution in [-0.4, -0.2) is 19.0 Å². The smallest absolute Gasteiger partial charge is 0.188 e. The van der Waals surface area contributed by atoms with Crippen molar-refractivity contribution in [2.24, 2.45) is 0 Å². The van der Waals surface area contributed by atoms with Gasteiger partial charge in [0.25, 0.3) is 0 Å². The molecule has 0 radical (unpaired) electrons. The molecule has 17 heavy (non-hydrogen) atoms. The zero-order chi connectivity index (χ0) is 12.7. The molecular formula is C15H20O2. The summed E-state index contributed by atoms with van der Waals surface area (Å²) in [5.74, 6) is 0.0566. The van der Waals surface area contributed by atoms with Gasteiger partial charge < -0.3 is 4.74 Å². The highest BCUT2D eigenvalue weighted by molar-refractivity contribution is 5.98. The Kier molecular flexibility index (Phi) is 5.64. The molecule has 0 aliphatic heterocycles. The van der Waals surface area contributed by atoms with Gasteiger partial charge in [-0.25, -0.2) is 0 Å². The van der Waals surface area contributed by atoms with E-state index in [0.29, 0.717) is 6.61 Å². The predicted octanol–water partition coefficient (Wildman–Crippen LogP) is 3.47. The molecule has 1 aromatic rings. The summed E-state index contributed by atoms with van der Waals surface area (Å²) < 4.78 is 5.34. The molecule has 0 bridgehead atoms. The third-order valence-electron chi connectivity index (χ3n) is 2.61. The van der Waals surface area contributed by atoms with Crippen molar-refractivity contribution >= 4 is 5.78 Å². The molecule has 0 amide bonds. The van der Waals surface area contributed by atoms with Gasteiger partial charge in [0.1, 0.15) is 6.61 Å². The first kappa shape index (κ1) is 13.7. The van der Waals surface area contributed by atoms with Gasteiger partial charge in [0.15, 0.2) is 5.78 Å². The third kappa shape index (κ3) is 4.53. The molecule has 92 valence electrons. The third-order valence-corrected chi connectivity index (χ3v) is 2.61. The van der Waals surface area contributed by atoms with Crippen LogP contribution in [0.25, 0.3) is 0 Å². The summed E-state index contributed by atoms with van der Waals surface area (Å²) in [6.07, 6.45) is 3.71. The minimum absolute atomic E-state index is 0.0566. The molecule has 1 aromatic carbocycles. The first-order valence-corrected chi connectivity index (χ1v) is 5.94.